The minimum Gasteiger partial charge on any atom is -0.460 e. The van der Waals surface area contributed by atoms with Crippen molar-refractivity contribution in [3.05, 3.63) is 60.7 Å². The zero-order valence-electron chi connectivity index (χ0n) is 30.4. The molecule has 1 unspecified atom stereocenters. The molecule has 2 aromatic carbocycles. The Bertz CT molecular complexity index is 1430. The molecule has 0 radical (unpaired) electrons. The van der Waals surface area contributed by atoms with Crippen molar-refractivity contribution in [2.45, 2.75) is 123 Å². The molecule has 0 N–H and O–H groups in total. The molecule has 6 rings (SSSR count). The van der Waals surface area contributed by atoms with Gasteiger partial charge in [0.2, 0.25) is 0 Å². The number of carbonyl (C=O) groups excluding carboxylic acids is 2. The number of fused-ring (bicyclic) bond motifs is 1. The number of Topliss-reactive ketones (excluding diaryl/α,β-unsaturated/α-hetero) is 1. The summed E-state index contributed by atoms with van der Waals surface area (Å²) in [7, 11) is -4.83. The van der Waals surface area contributed by atoms with Gasteiger partial charge in [0.1, 0.15) is 18.5 Å². The van der Waals surface area contributed by atoms with Crippen LogP contribution >= 0.6 is 0 Å². The second-order valence-electron chi connectivity index (χ2n) is 17.7. The highest BCUT2D eigenvalue weighted by atomic mass is 28.4. The quantitative estimate of drug-likeness (QED) is 0.221. The van der Waals surface area contributed by atoms with Crippen LogP contribution < -0.4 is 10.4 Å². The third kappa shape index (κ3) is 5.46. The molecule has 0 amide bonds. The lowest BCUT2D eigenvalue weighted by molar-refractivity contribution is -0.206. The minimum absolute atomic E-state index is 0.0727. The van der Waals surface area contributed by atoms with Crippen LogP contribution in [0.25, 0.3) is 0 Å². The Hall–Kier alpha value is -2.07. The van der Waals surface area contributed by atoms with Gasteiger partial charge in [-0.2, -0.15) is 0 Å². The summed E-state index contributed by atoms with van der Waals surface area (Å²) < 4.78 is 21.0. The molecule has 4 aliphatic rings. The number of hydrogen-bond acceptors (Lipinski definition) is 5. The highest BCUT2D eigenvalue weighted by Crippen LogP contribution is 2.70. The smallest absolute Gasteiger partial charge is 0.331 e. The van der Waals surface area contributed by atoms with E-state index in [2.05, 4.69) is 110 Å². The van der Waals surface area contributed by atoms with Crippen molar-refractivity contribution in [3.63, 3.8) is 0 Å². The molecule has 8 atom stereocenters. The van der Waals surface area contributed by atoms with Crippen LogP contribution in [0.2, 0.25) is 24.2 Å². The second kappa shape index (κ2) is 12.1. The molecule has 4 fully saturated rings. The molecule has 0 aromatic heterocycles. The summed E-state index contributed by atoms with van der Waals surface area (Å²) in [6, 6.07) is 22.0. The van der Waals surface area contributed by atoms with Gasteiger partial charge < -0.3 is 13.6 Å². The number of esters is 1. The number of hydrogen-bond donors (Lipinski definition) is 0. The molecule has 256 valence electrons. The predicted molar refractivity (Wildman–Crippen MR) is 194 cm³/mol. The summed E-state index contributed by atoms with van der Waals surface area (Å²) in [5.41, 5.74) is -0.664. The van der Waals surface area contributed by atoms with E-state index in [0.29, 0.717) is 24.5 Å². The largest absolute Gasteiger partial charge is 0.460 e. The standard InChI is InChI=1S/C40H58O5Si2/c1-10-38(6)25-33(39(7)28(2)21-23-40(24-22-32(41)35(39)40)31-27-46(8,9)45-36(31)38)44-34(42)26-43-47(37(3,4)5,29-17-13-11-14-18-29)30-19-15-12-16-20-30/h11-20,28,31,33,35-36H,10,21-27H2,1-9H3/t28-,31+,33-,35?,36+,38-,39+,40-/m1/s1. The van der Waals surface area contributed by atoms with Crippen molar-refractivity contribution >= 4 is 38.8 Å². The molecule has 2 bridgehead atoms. The lowest BCUT2D eigenvalue weighted by Gasteiger charge is -2.62. The van der Waals surface area contributed by atoms with Gasteiger partial charge in [-0.25, -0.2) is 4.79 Å². The van der Waals surface area contributed by atoms with Gasteiger partial charge in [0.05, 0.1) is 6.10 Å². The molecule has 7 heteroatoms. The Labute approximate surface area is 285 Å². The Morgan fingerprint density at radius 1 is 1.00 bits per heavy atom. The fourth-order valence-corrected chi connectivity index (χ4v) is 18.4. The summed E-state index contributed by atoms with van der Waals surface area (Å²) in [5.74, 6) is 0.620. The topological polar surface area (TPSA) is 61.8 Å². The number of rotatable bonds is 7. The van der Waals surface area contributed by atoms with Gasteiger partial charge in [-0.1, -0.05) is 109 Å². The van der Waals surface area contributed by atoms with Crippen LogP contribution in [0.15, 0.2) is 60.7 Å². The van der Waals surface area contributed by atoms with E-state index < -0.39 is 22.0 Å². The van der Waals surface area contributed by atoms with Crippen LogP contribution in [-0.4, -0.2) is 47.2 Å². The van der Waals surface area contributed by atoms with Gasteiger partial charge in [0.25, 0.3) is 8.32 Å². The zero-order chi connectivity index (χ0) is 34.0. The molecule has 1 aliphatic heterocycles. The van der Waals surface area contributed by atoms with Crippen molar-refractivity contribution in [1.29, 1.82) is 0 Å². The SMILES string of the molecule is CC[C@]1(C)C[C@@H](OC(=O)CO[Si](c2ccccc2)(c2ccccc2)C(C)(C)C)[C@@]2(C)C3C(=O)CC[C@]3(CC[C@H]2C)[C@H]2C[Si](C)(C)O[C@@H]21. The van der Waals surface area contributed by atoms with Gasteiger partial charge >= 0.3 is 5.97 Å². The lowest BCUT2D eigenvalue weighted by Crippen LogP contribution is -2.67. The van der Waals surface area contributed by atoms with Crippen LogP contribution in [0, 0.1) is 34.0 Å². The average Bonchev–Trinajstić information content (AvgIpc) is 3.56. The Morgan fingerprint density at radius 2 is 1.60 bits per heavy atom. The Morgan fingerprint density at radius 3 is 2.15 bits per heavy atom. The van der Waals surface area contributed by atoms with Gasteiger partial charge in [0, 0.05) is 17.8 Å². The van der Waals surface area contributed by atoms with Crippen LogP contribution in [-0.2, 0) is 23.2 Å². The summed E-state index contributed by atoms with van der Waals surface area (Å²) in [5, 5.41) is 2.03. The Balaban J connectivity index is 1.38. The molecular formula is C40H58O5Si2. The molecular weight excluding hydrogens is 617 g/mol. The molecule has 47 heavy (non-hydrogen) atoms. The first-order valence-corrected chi connectivity index (χ1v) is 23.2. The molecule has 0 spiro atoms. The van der Waals surface area contributed by atoms with E-state index >= 15 is 0 Å². The van der Waals surface area contributed by atoms with Crippen LogP contribution in [0.4, 0.5) is 0 Å². The average molecular weight is 675 g/mol. The maximum absolute atomic E-state index is 14.3. The van der Waals surface area contributed by atoms with Crippen molar-refractivity contribution in [1.82, 2.24) is 0 Å². The van der Waals surface area contributed by atoms with Gasteiger partial charge in [-0.15, -0.1) is 0 Å². The first kappa shape index (κ1) is 34.8. The normalized spacial score (nSPS) is 36.6. The number of carbonyl (C=O) groups is 2. The summed E-state index contributed by atoms with van der Waals surface area (Å²) in [6.45, 7) is 20.5. The van der Waals surface area contributed by atoms with Crippen molar-refractivity contribution in [3.8, 4) is 0 Å². The molecule has 2 aromatic rings. The van der Waals surface area contributed by atoms with E-state index in [4.69, 9.17) is 13.6 Å². The highest BCUT2D eigenvalue weighted by Gasteiger charge is 2.71. The molecule has 3 saturated carbocycles. The van der Waals surface area contributed by atoms with E-state index in [1.165, 1.54) is 0 Å². The van der Waals surface area contributed by atoms with Gasteiger partial charge in [-0.05, 0) is 89.3 Å². The maximum Gasteiger partial charge on any atom is 0.331 e. The first-order valence-electron chi connectivity index (χ1n) is 18.2. The third-order valence-corrected chi connectivity index (χ3v) is 21.0. The van der Waals surface area contributed by atoms with Crippen LogP contribution in [0.3, 0.4) is 0 Å². The van der Waals surface area contributed by atoms with Crippen molar-refractivity contribution in [2.75, 3.05) is 6.61 Å². The van der Waals surface area contributed by atoms with E-state index in [9.17, 15) is 9.59 Å². The second-order valence-corrected chi connectivity index (χ2v) is 26.2. The number of ether oxygens (including phenoxy) is 1. The third-order valence-electron chi connectivity index (χ3n) is 13.7. The number of benzene rings is 2. The van der Waals surface area contributed by atoms with E-state index in [1.54, 1.807) is 0 Å². The maximum atomic E-state index is 14.3. The van der Waals surface area contributed by atoms with Gasteiger partial charge in [0.15, 0.2) is 8.32 Å². The molecule has 3 aliphatic carbocycles. The summed E-state index contributed by atoms with van der Waals surface area (Å²) >= 11 is 0. The summed E-state index contributed by atoms with van der Waals surface area (Å²) in [6.07, 6.45) is 5.08. The lowest BCUT2D eigenvalue weighted by atomic mass is 9.43. The van der Waals surface area contributed by atoms with E-state index in [0.717, 1.165) is 42.1 Å². The minimum atomic E-state index is -2.93. The molecule has 5 nitrogen and oxygen atoms in total. The number of ketones is 1. The fraction of sp³-hybridized carbons (Fsp3) is 0.650. The van der Waals surface area contributed by atoms with Gasteiger partial charge in [-0.3, -0.25) is 4.79 Å². The molecule has 1 heterocycles. The summed E-state index contributed by atoms with van der Waals surface area (Å²) in [4.78, 5) is 28.5. The predicted octanol–water partition coefficient (Wildman–Crippen LogP) is 7.92. The van der Waals surface area contributed by atoms with E-state index in [-0.39, 0.29) is 52.5 Å². The van der Waals surface area contributed by atoms with Crippen molar-refractivity contribution in [2.24, 2.45) is 34.0 Å². The van der Waals surface area contributed by atoms with Crippen molar-refractivity contribution < 1.29 is 23.2 Å². The Kier molecular flexibility index (Phi) is 8.93. The zero-order valence-corrected chi connectivity index (χ0v) is 32.4. The molecule has 1 saturated heterocycles. The van der Waals surface area contributed by atoms with Crippen LogP contribution in [0.5, 0.6) is 0 Å². The first-order chi connectivity index (χ1) is 22.0. The highest BCUT2D eigenvalue weighted by molar-refractivity contribution is 6.99. The van der Waals surface area contributed by atoms with E-state index in [1.807, 2.05) is 12.1 Å². The van der Waals surface area contributed by atoms with Crippen LogP contribution in [0.1, 0.15) is 87.0 Å². The monoisotopic (exact) mass is 674 g/mol. The fourth-order valence-electron chi connectivity index (χ4n) is 11.0.